The highest BCUT2D eigenvalue weighted by atomic mass is 35.5. The Morgan fingerprint density at radius 1 is 1.20 bits per heavy atom. The lowest BCUT2D eigenvalue weighted by Gasteiger charge is -2.16. The molecule has 1 aliphatic rings. The maximum Gasteiger partial charge on any atom is 0.283 e. The number of rotatable bonds is 4. The van der Waals surface area contributed by atoms with Crippen molar-refractivity contribution in [2.75, 3.05) is 11.4 Å². The molecule has 1 aromatic rings. The van der Waals surface area contributed by atoms with E-state index in [0.29, 0.717) is 6.54 Å². The van der Waals surface area contributed by atoms with E-state index >= 15 is 0 Å². The third-order valence-electron chi connectivity index (χ3n) is 2.62. The van der Waals surface area contributed by atoms with Crippen LogP contribution in [0.15, 0.2) is 41.6 Å². The van der Waals surface area contributed by atoms with Crippen molar-refractivity contribution in [3.8, 4) is 0 Å². The fourth-order valence-electron chi connectivity index (χ4n) is 1.71. The van der Waals surface area contributed by atoms with Crippen molar-refractivity contribution in [2.24, 2.45) is 0 Å². The smallest absolute Gasteiger partial charge is 0.283 e. The summed E-state index contributed by atoms with van der Waals surface area (Å²) in [5.74, 6) is -1.22. The normalized spacial score (nSPS) is 15.1. The van der Waals surface area contributed by atoms with Crippen molar-refractivity contribution in [1.29, 1.82) is 0 Å². The highest BCUT2D eigenvalue weighted by molar-refractivity contribution is 6.54. The van der Waals surface area contributed by atoms with Crippen molar-refractivity contribution >= 4 is 52.3 Å². The molecule has 0 radical (unpaired) electrons. The zero-order valence-corrected chi connectivity index (χ0v) is 12.4. The van der Waals surface area contributed by atoms with Gasteiger partial charge in [0, 0.05) is 6.54 Å². The third kappa shape index (κ3) is 2.42. The number of anilines is 1. The number of hydrogen-bond donors (Lipinski definition) is 1. The fraction of sp³-hybridized carbons (Fsp3) is 0.0769. The second-order valence-electron chi connectivity index (χ2n) is 3.88. The van der Waals surface area contributed by atoms with Crippen molar-refractivity contribution in [2.45, 2.75) is 0 Å². The molecule has 2 amide bonds. The Morgan fingerprint density at radius 3 is 2.55 bits per heavy atom. The first-order valence-corrected chi connectivity index (χ1v) is 6.69. The van der Waals surface area contributed by atoms with E-state index < -0.39 is 11.8 Å². The quantitative estimate of drug-likeness (QED) is 0.681. The number of benzene rings is 1. The number of imide groups is 1. The molecule has 0 aliphatic carbocycles. The first kappa shape index (κ1) is 14.9. The van der Waals surface area contributed by atoms with Crippen LogP contribution in [0.4, 0.5) is 5.69 Å². The first-order chi connectivity index (χ1) is 9.49. The van der Waals surface area contributed by atoms with Crippen LogP contribution >= 0.6 is 34.8 Å². The lowest BCUT2D eigenvalue weighted by molar-refractivity contribution is -0.120. The van der Waals surface area contributed by atoms with Gasteiger partial charge in [-0.3, -0.25) is 9.59 Å². The number of nitrogens with zero attached hydrogens (tertiary/aromatic N) is 1. The van der Waals surface area contributed by atoms with Gasteiger partial charge in [0.1, 0.15) is 10.7 Å². The van der Waals surface area contributed by atoms with E-state index in [9.17, 15) is 9.59 Å². The monoisotopic (exact) mass is 330 g/mol. The van der Waals surface area contributed by atoms with E-state index in [2.05, 4.69) is 11.9 Å². The Morgan fingerprint density at radius 2 is 1.90 bits per heavy atom. The van der Waals surface area contributed by atoms with Gasteiger partial charge in [-0.1, -0.05) is 46.9 Å². The molecule has 0 saturated heterocycles. The van der Waals surface area contributed by atoms with Crippen molar-refractivity contribution in [3.63, 3.8) is 0 Å². The molecule has 1 N–H and O–H groups in total. The number of nitrogens with one attached hydrogen (secondary N) is 1. The van der Waals surface area contributed by atoms with Gasteiger partial charge in [0.05, 0.1) is 15.7 Å². The minimum Gasteiger partial charge on any atom is -0.376 e. The zero-order chi connectivity index (χ0) is 14.9. The summed E-state index contributed by atoms with van der Waals surface area (Å²) in [5, 5.41) is 2.91. The minimum absolute atomic E-state index is 0.0209. The van der Waals surface area contributed by atoms with E-state index in [-0.39, 0.29) is 26.5 Å². The molecule has 0 spiro atoms. The summed E-state index contributed by atoms with van der Waals surface area (Å²) in [5.41, 5.74) is 0.218. The van der Waals surface area contributed by atoms with Crippen LogP contribution in [0.5, 0.6) is 0 Å². The van der Waals surface area contributed by atoms with Gasteiger partial charge in [0.25, 0.3) is 11.8 Å². The van der Waals surface area contributed by atoms with Gasteiger partial charge in [-0.25, -0.2) is 4.90 Å². The van der Waals surface area contributed by atoms with Crippen molar-refractivity contribution < 1.29 is 9.59 Å². The molecule has 0 bridgehead atoms. The van der Waals surface area contributed by atoms with Crippen LogP contribution in [-0.2, 0) is 9.59 Å². The standard InChI is InChI=1S/C13H9Cl3N2O2/c1-2-6-17-11-10(16)12(19)18(13(11)20)8-5-3-4-7(14)9(8)15/h2-5,17H,1,6H2. The molecule has 0 saturated carbocycles. The van der Waals surface area contributed by atoms with Crippen molar-refractivity contribution in [1.82, 2.24) is 5.32 Å². The van der Waals surface area contributed by atoms with Gasteiger partial charge < -0.3 is 5.32 Å². The number of carbonyl (C=O) groups is 2. The second-order valence-corrected chi connectivity index (χ2v) is 5.04. The molecule has 0 aromatic heterocycles. The largest absolute Gasteiger partial charge is 0.376 e. The van der Waals surface area contributed by atoms with Gasteiger partial charge in [-0.05, 0) is 12.1 Å². The van der Waals surface area contributed by atoms with E-state index in [1.165, 1.54) is 6.07 Å². The maximum atomic E-state index is 12.3. The second kappa shape index (κ2) is 5.87. The molecule has 104 valence electrons. The molecule has 1 aliphatic heterocycles. The van der Waals surface area contributed by atoms with Crippen LogP contribution in [0.3, 0.4) is 0 Å². The van der Waals surface area contributed by atoms with Crippen LogP contribution in [-0.4, -0.2) is 18.4 Å². The molecule has 1 aromatic carbocycles. The number of halogens is 3. The molecule has 1 heterocycles. The van der Waals surface area contributed by atoms with E-state index in [1.807, 2.05) is 0 Å². The molecule has 20 heavy (non-hydrogen) atoms. The van der Waals surface area contributed by atoms with Crippen molar-refractivity contribution in [3.05, 3.63) is 51.6 Å². The van der Waals surface area contributed by atoms with Gasteiger partial charge in [0.2, 0.25) is 0 Å². The average molecular weight is 332 g/mol. The van der Waals surface area contributed by atoms with Crippen LogP contribution in [0, 0.1) is 0 Å². The molecule has 0 unspecified atom stereocenters. The Balaban J connectivity index is 2.42. The number of amides is 2. The summed E-state index contributed by atoms with van der Waals surface area (Å²) in [4.78, 5) is 25.3. The summed E-state index contributed by atoms with van der Waals surface area (Å²) in [7, 11) is 0. The zero-order valence-electron chi connectivity index (χ0n) is 10.1. The van der Waals surface area contributed by atoms with Crippen LogP contribution in [0.25, 0.3) is 0 Å². The Bertz CT molecular complexity index is 641. The third-order valence-corrected chi connectivity index (χ3v) is 3.78. The predicted octanol–water partition coefficient (Wildman–Crippen LogP) is 3.09. The molecule has 4 nitrogen and oxygen atoms in total. The van der Waals surface area contributed by atoms with Gasteiger partial charge >= 0.3 is 0 Å². The molecule has 2 rings (SSSR count). The summed E-state index contributed by atoms with van der Waals surface area (Å²) in [6, 6.07) is 4.67. The van der Waals surface area contributed by atoms with Crippen LogP contribution in [0.2, 0.25) is 10.0 Å². The van der Waals surface area contributed by atoms with Gasteiger partial charge in [-0.2, -0.15) is 0 Å². The van der Waals surface area contributed by atoms with E-state index in [1.54, 1.807) is 18.2 Å². The number of carbonyl (C=O) groups excluding carboxylic acids is 2. The Hall–Kier alpha value is -1.49. The minimum atomic E-state index is -0.646. The summed E-state index contributed by atoms with van der Waals surface area (Å²) >= 11 is 17.8. The lowest BCUT2D eigenvalue weighted by atomic mass is 10.3. The molecule has 0 atom stereocenters. The average Bonchev–Trinajstić information content (AvgIpc) is 2.63. The van der Waals surface area contributed by atoms with Crippen LogP contribution in [0.1, 0.15) is 0 Å². The first-order valence-electron chi connectivity index (χ1n) is 5.56. The van der Waals surface area contributed by atoms with Gasteiger partial charge in [-0.15, -0.1) is 6.58 Å². The topological polar surface area (TPSA) is 49.4 Å². The summed E-state index contributed by atoms with van der Waals surface area (Å²) in [6.45, 7) is 3.82. The lowest BCUT2D eigenvalue weighted by Crippen LogP contribution is -2.33. The molecule has 0 fully saturated rings. The molecule has 7 heteroatoms. The number of hydrogen-bond acceptors (Lipinski definition) is 3. The fourth-order valence-corrected chi connectivity index (χ4v) is 2.33. The maximum absolute atomic E-state index is 12.3. The Kier molecular flexibility index (Phi) is 4.38. The van der Waals surface area contributed by atoms with E-state index in [4.69, 9.17) is 34.8 Å². The molecular formula is C13H9Cl3N2O2. The van der Waals surface area contributed by atoms with E-state index in [0.717, 1.165) is 4.90 Å². The highest BCUT2D eigenvalue weighted by Crippen LogP contribution is 2.36. The van der Waals surface area contributed by atoms with Crippen LogP contribution < -0.4 is 10.2 Å². The molecular weight excluding hydrogens is 323 g/mol. The van der Waals surface area contributed by atoms with Gasteiger partial charge in [0.15, 0.2) is 0 Å². The highest BCUT2D eigenvalue weighted by Gasteiger charge is 2.39. The summed E-state index contributed by atoms with van der Waals surface area (Å²) < 4.78 is 0. The predicted molar refractivity (Wildman–Crippen MR) is 80.0 cm³/mol. The summed E-state index contributed by atoms with van der Waals surface area (Å²) in [6.07, 6.45) is 1.55. The SMILES string of the molecule is C=CCNC1=C(Cl)C(=O)N(c2cccc(Cl)c2Cl)C1=O. The Labute approximate surface area is 130 Å².